The van der Waals surface area contributed by atoms with Crippen molar-refractivity contribution in [2.75, 3.05) is 0 Å². The Morgan fingerprint density at radius 1 is 1.17 bits per heavy atom. The summed E-state index contributed by atoms with van der Waals surface area (Å²) in [5.74, 6) is -0.240. The number of benzene rings is 1. The molecule has 2 aliphatic rings. The maximum absolute atomic E-state index is 13.4. The minimum Gasteiger partial charge on any atom is -0.428 e. The van der Waals surface area contributed by atoms with Crippen LogP contribution in [0, 0.1) is 0 Å². The molecule has 0 fully saturated rings. The van der Waals surface area contributed by atoms with Gasteiger partial charge in [0.25, 0.3) is 5.56 Å². The molecular weight excluding hydrogens is 396 g/mol. The molecule has 1 aromatic carbocycles. The lowest BCUT2D eigenvalue weighted by Gasteiger charge is -2.32. The molecule has 2 aromatic heterocycles. The van der Waals surface area contributed by atoms with Gasteiger partial charge in [-0.3, -0.25) is 9.59 Å². The molecule has 0 unspecified atom stereocenters. The van der Waals surface area contributed by atoms with Crippen molar-refractivity contribution in [3.8, 4) is 11.4 Å². The Morgan fingerprint density at radius 2 is 1.90 bits per heavy atom. The molecule has 6 nitrogen and oxygen atoms in total. The van der Waals surface area contributed by atoms with Crippen molar-refractivity contribution < 1.29 is 14.7 Å². The molecule has 0 radical (unpaired) electrons. The number of carbonyl (C=O) groups excluding carboxylic acids is 1. The topological polar surface area (TPSA) is 92.4 Å². The highest BCUT2D eigenvalue weighted by molar-refractivity contribution is 6.85. The molecule has 1 atom stereocenters. The van der Waals surface area contributed by atoms with Crippen molar-refractivity contribution in [2.24, 2.45) is 0 Å². The van der Waals surface area contributed by atoms with Crippen molar-refractivity contribution in [1.29, 1.82) is 0 Å². The Morgan fingerprint density at radius 3 is 2.60 bits per heavy atom. The number of nitrogens with zero attached hydrogens (tertiary/aromatic N) is 2. The number of Topliss-reactive ketones (excluding diaryl/α,β-unsaturated/α-hetero) is 1. The van der Waals surface area contributed by atoms with Crippen LogP contribution >= 0.6 is 0 Å². The van der Waals surface area contributed by atoms with Crippen molar-refractivity contribution in [3.63, 3.8) is 0 Å². The quantitative estimate of drug-likeness (QED) is 0.484. The van der Waals surface area contributed by atoms with E-state index < -0.39 is 13.9 Å². The first-order chi connectivity index (χ1) is 14.2. The molecular formula is C23H24N2O4Si. The molecule has 0 amide bonds. The van der Waals surface area contributed by atoms with Crippen LogP contribution in [0.4, 0.5) is 0 Å². The maximum atomic E-state index is 13.4. The van der Waals surface area contributed by atoms with Crippen LogP contribution in [-0.4, -0.2) is 33.6 Å². The molecule has 2 N–H and O–H groups in total. The zero-order chi connectivity index (χ0) is 21.4. The molecule has 154 valence electrons. The van der Waals surface area contributed by atoms with E-state index in [0.717, 1.165) is 21.7 Å². The number of ketones is 1. The first-order valence-electron chi connectivity index (χ1n) is 10.3. The second kappa shape index (κ2) is 6.20. The minimum absolute atomic E-state index is 0.169. The third-order valence-corrected chi connectivity index (χ3v) is 8.38. The summed E-state index contributed by atoms with van der Waals surface area (Å²) < 4.78 is 1.69. The second-order valence-electron chi connectivity index (χ2n) is 8.84. The molecule has 3 heterocycles. The highest BCUT2D eigenvalue weighted by Gasteiger charge is 2.43. The lowest BCUT2D eigenvalue weighted by molar-refractivity contribution is -0.140. The average Bonchev–Trinajstić information content (AvgIpc) is 3.06. The fourth-order valence-corrected chi connectivity index (χ4v) is 6.92. The van der Waals surface area contributed by atoms with Gasteiger partial charge in [-0.2, -0.15) is 0 Å². The van der Waals surface area contributed by atoms with Crippen LogP contribution < -0.4 is 10.7 Å². The fourth-order valence-electron chi connectivity index (χ4n) is 5.11. The molecule has 7 heteroatoms. The summed E-state index contributed by atoms with van der Waals surface area (Å²) in [6.07, 6.45) is 0.735. The molecule has 1 aliphatic heterocycles. The van der Waals surface area contributed by atoms with Gasteiger partial charge in [0, 0.05) is 28.5 Å². The van der Waals surface area contributed by atoms with Gasteiger partial charge >= 0.3 is 0 Å². The van der Waals surface area contributed by atoms with Crippen molar-refractivity contribution >= 4 is 30.2 Å². The Balaban J connectivity index is 1.87. The van der Waals surface area contributed by atoms with Crippen LogP contribution in [0.3, 0.4) is 0 Å². The van der Waals surface area contributed by atoms with Crippen molar-refractivity contribution in [1.82, 2.24) is 9.55 Å². The Kier molecular flexibility index (Phi) is 4.00. The summed E-state index contributed by atoms with van der Waals surface area (Å²) in [6.45, 7) is 5.86. The van der Waals surface area contributed by atoms with E-state index in [4.69, 9.17) is 4.98 Å². The smallest absolute Gasteiger partial charge is 0.254 e. The largest absolute Gasteiger partial charge is 0.428 e. The van der Waals surface area contributed by atoms with Crippen LogP contribution in [0.2, 0.25) is 13.1 Å². The number of aromatic nitrogens is 2. The van der Waals surface area contributed by atoms with Gasteiger partial charge in [0.05, 0.1) is 23.4 Å². The van der Waals surface area contributed by atoms with Crippen molar-refractivity contribution in [2.45, 2.75) is 51.4 Å². The molecule has 0 bridgehead atoms. The molecule has 1 aliphatic carbocycles. The van der Waals surface area contributed by atoms with Gasteiger partial charge in [-0.25, -0.2) is 4.98 Å². The molecule has 0 saturated carbocycles. The van der Waals surface area contributed by atoms with E-state index in [0.29, 0.717) is 35.5 Å². The van der Waals surface area contributed by atoms with Crippen LogP contribution in [0.5, 0.6) is 0 Å². The van der Waals surface area contributed by atoms with E-state index in [-0.39, 0.29) is 24.2 Å². The number of aliphatic hydroxyl groups is 1. The predicted octanol–water partition coefficient (Wildman–Crippen LogP) is 1.94. The zero-order valence-corrected chi connectivity index (χ0v) is 18.3. The van der Waals surface area contributed by atoms with Gasteiger partial charge in [-0.05, 0) is 43.3 Å². The summed E-state index contributed by atoms with van der Waals surface area (Å²) in [7, 11) is -2.75. The third-order valence-electron chi connectivity index (χ3n) is 6.58. The summed E-state index contributed by atoms with van der Waals surface area (Å²) in [5, 5.41) is 12.9. The number of para-hydroxylation sites is 1. The first-order valence-corrected chi connectivity index (χ1v) is 13.3. The normalized spacial score (nSPS) is 20.2. The number of hydrogen-bond donors (Lipinski definition) is 2. The maximum Gasteiger partial charge on any atom is 0.254 e. The van der Waals surface area contributed by atoms with Crippen LogP contribution in [0.25, 0.3) is 22.3 Å². The van der Waals surface area contributed by atoms with Gasteiger partial charge in [0.15, 0.2) is 5.78 Å². The summed E-state index contributed by atoms with van der Waals surface area (Å²) >= 11 is 0. The third kappa shape index (κ3) is 2.46. The molecule has 0 spiro atoms. The highest BCUT2D eigenvalue weighted by Crippen LogP contribution is 2.39. The molecule has 5 rings (SSSR count). The summed E-state index contributed by atoms with van der Waals surface area (Å²) in [6, 6.07) is 9.49. The molecule has 3 aromatic rings. The lowest BCUT2D eigenvalue weighted by atomic mass is 9.77. The highest BCUT2D eigenvalue weighted by atomic mass is 28.4. The Labute approximate surface area is 175 Å². The lowest BCUT2D eigenvalue weighted by Crippen LogP contribution is -2.45. The van der Waals surface area contributed by atoms with E-state index in [2.05, 4.69) is 0 Å². The van der Waals surface area contributed by atoms with Crippen LogP contribution in [0.1, 0.15) is 36.5 Å². The van der Waals surface area contributed by atoms with E-state index in [1.807, 2.05) is 37.4 Å². The van der Waals surface area contributed by atoms with E-state index in [1.54, 1.807) is 17.6 Å². The van der Waals surface area contributed by atoms with Crippen LogP contribution in [0.15, 0.2) is 35.1 Å². The number of carbonyl (C=O) groups is 1. The molecule has 0 saturated heterocycles. The second-order valence-corrected chi connectivity index (χ2v) is 12.5. The number of rotatable bonds is 2. The number of pyridine rings is 2. The Hall–Kier alpha value is -2.61. The molecule has 30 heavy (non-hydrogen) atoms. The minimum atomic E-state index is -2.75. The van der Waals surface area contributed by atoms with Gasteiger partial charge in [-0.15, -0.1) is 0 Å². The van der Waals surface area contributed by atoms with Gasteiger partial charge in [0.1, 0.15) is 5.60 Å². The van der Waals surface area contributed by atoms with Gasteiger partial charge < -0.3 is 14.5 Å². The standard InChI is InChI=1S/C23H24N2O4Si/c1-4-23(28)16-11-18-20-15(12-25(18)22(27)13(16)9-10-19(23)26)21(30(2,3)29)14-7-5-6-8-17(14)24-20/h5-8,11,28-29H,4,9-10,12H2,1-3H3/t23-/m0/s1. The monoisotopic (exact) mass is 420 g/mol. The predicted molar refractivity (Wildman–Crippen MR) is 117 cm³/mol. The Bertz CT molecular complexity index is 1310. The fraction of sp³-hybridized carbons (Fsp3) is 0.348. The van der Waals surface area contributed by atoms with E-state index in [1.165, 1.54) is 0 Å². The van der Waals surface area contributed by atoms with Crippen LogP contribution in [-0.2, 0) is 23.4 Å². The summed E-state index contributed by atoms with van der Waals surface area (Å²) in [4.78, 5) is 41.9. The van der Waals surface area contributed by atoms with E-state index >= 15 is 0 Å². The number of hydrogen-bond acceptors (Lipinski definition) is 5. The average molecular weight is 421 g/mol. The summed E-state index contributed by atoms with van der Waals surface area (Å²) in [5.41, 5.74) is 2.04. The van der Waals surface area contributed by atoms with Gasteiger partial charge in [-0.1, -0.05) is 25.1 Å². The SMILES string of the molecule is CC[C@@]1(O)C(=O)CCc2c1cc1n(c2=O)Cc2c-1nc1ccccc1c2[Si](C)(C)O. The van der Waals surface area contributed by atoms with E-state index in [9.17, 15) is 19.5 Å². The first kappa shape index (κ1) is 19.4. The zero-order valence-electron chi connectivity index (χ0n) is 17.3. The number of fused-ring (bicyclic) bond motifs is 5. The van der Waals surface area contributed by atoms with Gasteiger partial charge in [0.2, 0.25) is 8.32 Å². The van der Waals surface area contributed by atoms with Crippen molar-refractivity contribution in [3.05, 3.63) is 57.4 Å².